The minimum Gasteiger partial charge on any atom is -0.494 e. The summed E-state index contributed by atoms with van der Waals surface area (Å²) in [4.78, 5) is 55.4. The highest BCUT2D eigenvalue weighted by molar-refractivity contribution is 6.38. The van der Waals surface area contributed by atoms with Gasteiger partial charge >= 0.3 is 5.97 Å². The van der Waals surface area contributed by atoms with Gasteiger partial charge in [0.25, 0.3) is 11.8 Å². The van der Waals surface area contributed by atoms with Crippen LogP contribution in [0.15, 0.2) is 174 Å². The highest BCUT2D eigenvalue weighted by Crippen LogP contribution is 2.47. The van der Waals surface area contributed by atoms with Crippen LogP contribution in [0, 0.1) is 18.6 Å². The van der Waals surface area contributed by atoms with E-state index >= 15 is 0 Å². The van der Waals surface area contributed by atoms with Crippen molar-refractivity contribution in [1.29, 1.82) is 0 Å². The lowest BCUT2D eigenvalue weighted by atomic mass is 9.98. The maximum Gasteiger partial charge on any atom is 0.307 e. The van der Waals surface area contributed by atoms with E-state index in [1.807, 2.05) is 67.6 Å². The number of nitrogen functional groups attached to an aromatic ring is 1. The maximum atomic E-state index is 13.4. The number of likely N-dealkylation sites (N-methyl/N-ethyl adjacent to an activating group) is 1. The monoisotopic (exact) mass is 1350 g/mol. The molecule has 9 N–H and O–H groups in total. The number of carbonyl (C=O) groups is 3. The second kappa shape index (κ2) is 30.6. The summed E-state index contributed by atoms with van der Waals surface area (Å²) in [6.45, 7) is 14.0. The Labute approximate surface area is 575 Å². The van der Waals surface area contributed by atoms with Gasteiger partial charge in [-0.2, -0.15) is 0 Å². The minimum absolute atomic E-state index is 0.0318. The summed E-state index contributed by atoms with van der Waals surface area (Å²) in [5, 5.41) is 37.1. The Kier molecular flexibility index (Phi) is 21.0. The number of amides is 2. The molecule has 99 heavy (non-hydrogen) atoms. The summed E-state index contributed by atoms with van der Waals surface area (Å²) < 4.78 is 44.0. The van der Waals surface area contributed by atoms with E-state index in [0.29, 0.717) is 79.9 Å². The Morgan fingerprint density at radius 3 is 2.13 bits per heavy atom. The fraction of sp³-hybridized carbons (Fsp3) is 0.218. The van der Waals surface area contributed by atoms with Crippen molar-refractivity contribution in [2.45, 2.75) is 65.6 Å². The summed E-state index contributed by atoms with van der Waals surface area (Å²) in [6.07, 6.45) is 7.62. The number of benzene rings is 8. The van der Waals surface area contributed by atoms with E-state index in [9.17, 15) is 33.4 Å². The zero-order chi connectivity index (χ0) is 69.3. The number of anilines is 3. The molecule has 1 unspecified atom stereocenters. The number of aromatic hydroxyl groups is 2. The van der Waals surface area contributed by atoms with Crippen LogP contribution < -0.4 is 21.1 Å². The van der Waals surface area contributed by atoms with Crippen LogP contribution in [-0.2, 0) is 36.9 Å². The van der Waals surface area contributed by atoms with E-state index in [-0.39, 0.29) is 29.9 Å². The molecule has 0 bridgehead atoms. The topological polar surface area (TPSA) is 252 Å². The molecule has 0 saturated carbocycles. The number of nitrogens with two attached hydrogens (primary N) is 1. The number of carboxylic acid groups (broad SMARTS) is 1. The molecule has 1 saturated heterocycles. The number of H-pyrrole nitrogens is 2. The lowest BCUT2D eigenvalue weighted by Gasteiger charge is -2.26. The summed E-state index contributed by atoms with van der Waals surface area (Å²) >= 11 is 6.05. The number of carbonyl (C=O) groups excluding carboxylic acids is 2. The number of fused-ring (bicyclic) bond motifs is 6. The molecule has 1 atom stereocenters. The highest BCUT2D eigenvalue weighted by Gasteiger charge is 2.38. The van der Waals surface area contributed by atoms with Crippen LogP contribution in [0.4, 0.5) is 37.2 Å². The zero-order valence-electron chi connectivity index (χ0n) is 54.8. The fourth-order valence-corrected chi connectivity index (χ4v) is 12.9. The van der Waals surface area contributed by atoms with Crippen LogP contribution >= 0.6 is 11.6 Å². The van der Waals surface area contributed by atoms with Crippen molar-refractivity contribution in [1.82, 2.24) is 19.8 Å². The normalized spacial score (nSPS) is 16.6. The molecular formula is C78H74ClF2N9O9. The number of hydrogen-bond donors (Lipinski definition) is 8. The number of likely N-dealkylation sites (tertiary alicyclic amines) is 1. The van der Waals surface area contributed by atoms with Crippen molar-refractivity contribution in [3.63, 3.8) is 0 Å². The van der Waals surface area contributed by atoms with Crippen LogP contribution in [0.5, 0.6) is 17.5 Å². The number of carboxylic acids is 1. The molecule has 2 aromatic heterocycles. The Morgan fingerprint density at radius 1 is 0.707 bits per heavy atom. The van der Waals surface area contributed by atoms with Crippen molar-refractivity contribution in [2.75, 3.05) is 62.2 Å². The average molecular weight is 1350 g/mol. The van der Waals surface area contributed by atoms with Crippen molar-refractivity contribution >= 4 is 115 Å². The van der Waals surface area contributed by atoms with Crippen molar-refractivity contribution in [3.8, 4) is 17.5 Å². The van der Waals surface area contributed by atoms with Crippen LogP contribution in [0.2, 0.25) is 5.02 Å². The number of rotatable bonds is 15. The van der Waals surface area contributed by atoms with Gasteiger partial charge in [0.15, 0.2) is 11.8 Å². The van der Waals surface area contributed by atoms with Gasteiger partial charge in [0.1, 0.15) is 48.2 Å². The molecule has 7 heterocycles. The predicted octanol–water partition coefficient (Wildman–Crippen LogP) is 15.9. The first-order valence-electron chi connectivity index (χ1n) is 32.8. The Bertz CT molecular complexity index is 4800. The number of hydrogen-bond acceptors (Lipinski definition) is 13. The molecule has 2 amide bonds. The molecular weight excluding hydrogens is 1280 g/mol. The quantitative estimate of drug-likeness (QED) is 0.0271. The standard InChI is InChI=1S/C23H27N3O.C21H24FN3O2.C18H12FNO4.C16H11ClN2O2/c1-17-6-5-7-21-22(17)20(23(27)25-21)16-24-19-10-8-18(9-11-19)12-15-26-13-3-2-4-14-26;1-3-25(4-2)11-12-27-17-8-6-16(7-9-17)23-14-19-18-10-5-15(22)13-20(18)24-21(19)26;19-9-5-6-12-13(7-9)20-18(23)16(12)17-11-4-2-1-3-10(11)14(24-17)8-15(21)22;17-9-2-4-13-12(5-9)14(16(20)19-13)15-11-6-10(18)3-1-8(11)7-21-15/h5-11,16,25,27H,2-4,12-15H2,1H3;5-10,13-14,24,26H,3-4,11-12H2,1-2H3;1-7,14H,8H2,(H,20,23)(H,21,22);1-6H,7,18H2,(H,19,20)/b;;17-16+;15-14+. The lowest BCUT2D eigenvalue weighted by Crippen LogP contribution is -2.31. The van der Waals surface area contributed by atoms with Crippen LogP contribution in [0.3, 0.4) is 0 Å². The third-order valence-electron chi connectivity index (χ3n) is 17.9. The smallest absolute Gasteiger partial charge is 0.307 e. The van der Waals surface area contributed by atoms with E-state index in [2.05, 4.69) is 78.5 Å². The molecule has 506 valence electrons. The second-order valence-electron chi connectivity index (χ2n) is 24.4. The Balaban J connectivity index is 0.000000126. The maximum absolute atomic E-state index is 13.4. The van der Waals surface area contributed by atoms with Crippen molar-refractivity contribution < 1.29 is 52.7 Å². The van der Waals surface area contributed by atoms with Gasteiger partial charge in [0, 0.05) is 91.6 Å². The first-order valence-corrected chi connectivity index (χ1v) is 33.2. The third-order valence-corrected chi connectivity index (χ3v) is 18.1. The largest absolute Gasteiger partial charge is 0.494 e. The lowest BCUT2D eigenvalue weighted by molar-refractivity contribution is -0.139. The number of aliphatic imine (C=N–C) groups is 2. The number of nitrogens with zero attached hydrogens (tertiary/aromatic N) is 4. The van der Waals surface area contributed by atoms with Gasteiger partial charge in [-0.3, -0.25) is 24.4 Å². The van der Waals surface area contributed by atoms with Gasteiger partial charge in [0.2, 0.25) is 0 Å². The first-order chi connectivity index (χ1) is 48.0. The van der Waals surface area contributed by atoms with Gasteiger partial charge in [-0.25, -0.2) is 8.78 Å². The van der Waals surface area contributed by atoms with Gasteiger partial charge in [0.05, 0.1) is 51.3 Å². The SMILES string of the molecule is CCN(CC)CCOc1ccc(N=Cc2c(O)[nH]c3cc(F)ccc23)cc1.Cc1cccc2[nH]c(O)c(C=Nc3ccc(CCN4CCCCC4)cc3)c12.Nc1ccc2c(c1)/C(=C1\C(=O)Nc3ccc(Cl)cc31)OC2.O=C(O)CC1O/C(=C2/C(=O)Nc3cc(F)ccc32)c2ccccc21. The van der Waals surface area contributed by atoms with Gasteiger partial charge in [-0.05, 0) is 173 Å². The van der Waals surface area contributed by atoms with Gasteiger partial charge < -0.3 is 65.7 Å². The number of halogens is 3. The number of ether oxygens (including phenoxy) is 3. The highest BCUT2D eigenvalue weighted by atomic mass is 35.5. The third kappa shape index (κ3) is 15.7. The molecule has 18 nitrogen and oxygen atoms in total. The predicted molar refractivity (Wildman–Crippen MR) is 386 cm³/mol. The molecule has 5 aliphatic heterocycles. The number of aliphatic carboxylic acids is 1. The van der Waals surface area contributed by atoms with Crippen LogP contribution in [-0.4, -0.2) is 111 Å². The van der Waals surface area contributed by atoms with E-state index in [1.165, 1.54) is 68.2 Å². The number of aryl methyl sites for hydroxylation is 1. The molecule has 0 spiro atoms. The van der Waals surface area contributed by atoms with Crippen LogP contribution in [0.25, 0.3) is 44.5 Å². The molecule has 1 fully saturated rings. The van der Waals surface area contributed by atoms with E-state index in [1.54, 1.807) is 61.0 Å². The summed E-state index contributed by atoms with van der Waals surface area (Å²) in [6, 6.07) is 48.3. The number of nitrogens with one attached hydrogen (secondary N) is 4. The van der Waals surface area contributed by atoms with Crippen molar-refractivity contribution in [2.24, 2.45) is 9.98 Å². The molecule has 0 radical (unpaired) electrons. The molecule has 15 rings (SSSR count). The zero-order valence-corrected chi connectivity index (χ0v) is 55.6. The number of aromatic amines is 2. The van der Waals surface area contributed by atoms with Gasteiger partial charge in [-0.15, -0.1) is 0 Å². The molecule has 5 aliphatic rings. The summed E-state index contributed by atoms with van der Waals surface area (Å²) in [7, 11) is 0. The summed E-state index contributed by atoms with van der Waals surface area (Å²) in [5.41, 5.74) is 19.9. The first kappa shape index (κ1) is 67.9. The van der Waals surface area contributed by atoms with Crippen molar-refractivity contribution in [3.05, 3.63) is 236 Å². The Hall–Kier alpha value is -11.1. The van der Waals surface area contributed by atoms with Gasteiger partial charge in [-0.1, -0.05) is 86.5 Å². The van der Waals surface area contributed by atoms with E-state index in [4.69, 9.17) is 36.7 Å². The van der Waals surface area contributed by atoms with Crippen LogP contribution in [0.1, 0.15) is 101 Å². The number of aromatic nitrogens is 2. The molecule has 8 aromatic carbocycles. The van der Waals surface area contributed by atoms with E-state index in [0.717, 1.165) is 99.7 Å². The Morgan fingerprint density at radius 2 is 1.38 bits per heavy atom. The number of piperidine rings is 1. The second-order valence-corrected chi connectivity index (χ2v) is 24.8. The average Bonchev–Trinajstić information content (AvgIpc) is 1.62. The molecule has 10 aromatic rings. The molecule has 21 heteroatoms. The summed E-state index contributed by atoms with van der Waals surface area (Å²) in [5.74, 6) is -0.534. The van der Waals surface area contributed by atoms with E-state index < -0.39 is 23.8 Å². The molecule has 0 aliphatic carbocycles. The minimum atomic E-state index is -0.987. The fourth-order valence-electron chi connectivity index (χ4n) is 12.7.